The van der Waals surface area contributed by atoms with Crippen molar-refractivity contribution in [2.75, 3.05) is 0 Å². The lowest BCUT2D eigenvalue weighted by atomic mass is 10.1. The van der Waals surface area contributed by atoms with E-state index in [9.17, 15) is 0 Å². The Labute approximate surface area is 174 Å². The van der Waals surface area contributed by atoms with Crippen LogP contribution >= 0.6 is 0 Å². The van der Waals surface area contributed by atoms with E-state index in [0.717, 1.165) is 17.0 Å². The zero-order valence-corrected chi connectivity index (χ0v) is 20.8. The summed E-state index contributed by atoms with van der Waals surface area (Å²) in [7, 11) is -2.82. The molecule has 0 aliphatic carbocycles. The van der Waals surface area contributed by atoms with Gasteiger partial charge >= 0.3 is 0 Å². The molecule has 0 aromatic carbocycles. The molecule has 0 fully saturated rings. The average Bonchev–Trinajstić information content (AvgIpc) is 2.77. The molecule has 0 saturated carbocycles. The second kappa shape index (κ2) is 9.79. The standard InChI is InChI=1S/C24H38N2Si2/c1-8-20-17-22(28(12-5,13-6)14-7)19-26-24(20)23-16-15-21(18-25-23)27(9-2,10-3)11-4/h8,15-19H,1,9-14H2,2-7H3. The lowest BCUT2D eigenvalue weighted by Gasteiger charge is -2.29. The van der Waals surface area contributed by atoms with Crippen LogP contribution in [0.15, 0.2) is 37.2 Å². The number of nitrogens with zero attached hydrogens (tertiary/aromatic N) is 2. The summed E-state index contributed by atoms with van der Waals surface area (Å²) in [6.45, 7) is 18.1. The van der Waals surface area contributed by atoms with Gasteiger partial charge in [-0.05, 0) is 16.4 Å². The summed E-state index contributed by atoms with van der Waals surface area (Å²) in [5.41, 5.74) is 3.05. The van der Waals surface area contributed by atoms with Crippen LogP contribution in [0.25, 0.3) is 17.5 Å². The zero-order valence-electron chi connectivity index (χ0n) is 18.8. The molecule has 2 nitrogen and oxygen atoms in total. The van der Waals surface area contributed by atoms with Gasteiger partial charge < -0.3 is 0 Å². The van der Waals surface area contributed by atoms with Crippen LogP contribution < -0.4 is 10.4 Å². The first-order valence-corrected chi connectivity index (χ1v) is 16.3. The van der Waals surface area contributed by atoms with Crippen molar-refractivity contribution in [3.8, 4) is 11.4 Å². The van der Waals surface area contributed by atoms with Gasteiger partial charge in [0.1, 0.15) is 0 Å². The molecule has 0 amide bonds. The SMILES string of the molecule is C=Cc1cc([Si](CC)(CC)CC)cnc1-c1ccc([Si](CC)(CC)CC)cn1. The summed E-state index contributed by atoms with van der Waals surface area (Å²) in [5, 5.41) is 2.94. The summed E-state index contributed by atoms with van der Waals surface area (Å²) < 4.78 is 0. The topological polar surface area (TPSA) is 25.8 Å². The Morgan fingerprint density at radius 1 is 0.750 bits per heavy atom. The fraction of sp³-hybridized carbons (Fsp3) is 0.500. The molecule has 28 heavy (non-hydrogen) atoms. The third-order valence-corrected chi connectivity index (χ3v) is 18.6. The molecule has 2 aromatic rings. The van der Waals surface area contributed by atoms with Crippen molar-refractivity contribution < 1.29 is 0 Å². The van der Waals surface area contributed by atoms with Crippen LogP contribution in [0.3, 0.4) is 0 Å². The van der Waals surface area contributed by atoms with Crippen LogP contribution in [0.5, 0.6) is 0 Å². The van der Waals surface area contributed by atoms with E-state index in [-0.39, 0.29) is 0 Å². The zero-order chi connectivity index (χ0) is 20.8. The van der Waals surface area contributed by atoms with E-state index in [4.69, 9.17) is 9.97 Å². The van der Waals surface area contributed by atoms with Gasteiger partial charge in [0.25, 0.3) is 0 Å². The van der Waals surface area contributed by atoms with Crippen LogP contribution in [-0.2, 0) is 0 Å². The van der Waals surface area contributed by atoms with Crippen LogP contribution in [0.2, 0.25) is 36.3 Å². The summed E-state index contributed by atoms with van der Waals surface area (Å²) >= 11 is 0. The molecule has 0 atom stereocenters. The third-order valence-electron chi connectivity index (χ3n) is 7.43. The normalized spacial score (nSPS) is 12.2. The number of hydrogen-bond donors (Lipinski definition) is 0. The van der Waals surface area contributed by atoms with E-state index >= 15 is 0 Å². The van der Waals surface area contributed by atoms with Crippen LogP contribution in [0.4, 0.5) is 0 Å². The number of aromatic nitrogens is 2. The maximum atomic E-state index is 4.89. The molecule has 0 spiro atoms. The average molecular weight is 411 g/mol. The van der Waals surface area contributed by atoms with Gasteiger partial charge in [-0.3, -0.25) is 9.97 Å². The quantitative estimate of drug-likeness (QED) is 0.435. The van der Waals surface area contributed by atoms with Gasteiger partial charge in [-0.15, -0.1) is 0 Å². The van der Waals surface area contributed by atoms with Crippen molar-refractivity contribution in [1.29, 1.82) is 0 Å². The maximum Gasteiger partial charge on any atom is 0.0957 e. The van der Waals surface area contributed by atoms with Crippen molar-refractivity contribution in [3.63, 3.8) is 0 Å². The van der Waals surface area contributed by atoms with E-state index in [1.54, 1.807) is 0 Å². The molecular formula is C24H38N2Si2. The van der Waals surface area contributed by atoms with Crippen molar-refractivity contribution in [3.05, 3.63) is 42.7 Å². The van der Waals surface area contributed by atoms with E-state index in [1.165, 1.54) is 46.6 Å². The fourth-order valence-corrected chi connectivity index (χ4v) is 11.7. The lowest BCUT2D eigenvalue weighted by Crippen LogP contribution is -2.46. The van der Waals surface area contributed by atoms with Crippen molar-refractivity contribution in [2.45, 2.75) is 77.8 Å². The predicted molar refractivity (Wildman–Crippen MR) is 131 cm³/mol. The van der Waals surface area contributed by atoms with Gasteiger partial charge in [-0.25, -0.2) is 0 Å². The Hall–Kier alpha value is -1.53. The molecule has 2 aromatic heterocycles. The summed E-state index contributed by atoms with van der Waals surface area (Å²) in [6, 6.07) is 14.5. The van der Waals surface area contributed by atoms with Crippen LogP contribution in [-0.4, -0.2) is 26.1 Å². The molecule has 0 unspecified atom stereocenters. The first-order chi connectivity index (χ1) is 13.5. The second-order valence-electron chi connectivity index (χ2n) is 7.98. The third kappa shape index (κ3) is 4.08. The molecule has 152 valence electrons. The Bertz CT molecular complexity index is 759. The van der Waals surface area contributed by atoms with Gasteiger partial charge in [0.05, 0.1) is 27.5 Å². The second-order valence-corrected chi connectivity index (χ2v) is 18.5. The minimum absolute atomic E-state index is 0.966. The molecule has 2 heterocycles. The van der Waals surface area contributed by atoms with Crippen LogP contribution in [0.1, 0.15) is 47.1 Å². The minimum atomic E-state index is -1.44. The maximum absolute atomic E-state index is 4.89. The van der Waals surface area contributed by atoms with Crippen molar-refractivity contribution in [1.82, 2.24) is 9.97 Å². The first kappa shape index (κ1) is 22.8. The van der Waals surface area contributed by atoms with E-state index in [1.807, 2.05) is 6.08 Å². The lowest BCUT2D eigenvalue weighted by molar-refractivity contribution is 1.18. The Balaban J connectivity index is 2.47. The Kier molecular flexibility index (Phi) is 7.96. The molecular weight excluding hydrogens is 372 g/mol. The summed E-state index contributed by atoms with van der Waals surface area (Å²) in [4.78, 5) is 9.75. The van der Waals surface area contributed by atoms with Crippen LogP contribution in [0, 0.1) is 0 Å². The summed E-state index contributed by atoms with van der Waals surface area (Å²) in [5.74, 6) is 0. The summed E-state index contributed by atoms with van der Waals surface area (Å²) in [6.07, 6.45) is 6.21. The predicted octanol–water partition coefficient (Wildman–Crippen LogP) is 6.22. The smallest absolute Gasteiger partial charge is 0.0957 e. The highest BCUT2D eigenvalue weighted by atomic mass is 28.3. The Morgan fingerprint density at radius 3 is 1.68 bits per heavy atom. The monoisotopic (exact) mass is 410 g/mol. The molecule has 0 N–H and O–H groups in total. The van der Waals surface area contributed by atoms with Crippen molar-refractivity contribution in [2.24, 2.45) is 0 Å². The number of rotatable bonds is 10. The highest BCUT2D eigenvalue weighted by Gasteiger charge is 2.31. The number of hydrogen-bond acceptors (Lipinski definition) is 2. The van der Waals surface area contributed by atoms with Gasteiger partial charge in [0.2, 0.25) is 0 Å². The molecule has 4 heteroatoms. The number of pyridine rings is 2. The minimum Gasteiger partial charge on any atom is -0.255 e. The molecule has 2 rings (SSSR count). The van der Waals surface area contributed by atoms with Gasteiger partial charge in [-0.1, -0.05) is 103 Å². The highest BCUT2D eigenvalue weighted by molar-refractivity contribution is 6.92. The fourth-order valence-electron chi connectivity index (χ4n) is 4.71. The molecule has 0 saturated heterocycles. The highest BCUT2D eigenvalue weighted by Crippen LogP contribution is 2.25. The van der Waals surface area contributed by atoms with Gasteiger partial charge in [0, 0.05) is 18.0 Å². The van der Waals surface area contributed by atoms with Gasteiger partial charge in [0.15, 0.2) is 0 Å². The molecule has 0 bridgehead atoms. The van der Waals surface area contributed by atoms with Gasteiger partial charge in [-0.2, -0.15) is 0 Å². The molecule has 0 aliphatic rings. The first-order valence-electron chi connectivity index (χ1n) is 11.1. The molecule has 0 aliphatic heterocycles. The van der Waals surface area contributed by atoms with E-state index in [0.29, 0.717) is 0 Å². The van der Waals surface area contributed by atoms with E-state index < -0.39 is 16.1 Å². The largest absolute Gasteiger partial charge is 0.255 e. The van der Waals surface area contributed by atoms with E-state index in [2.05, 4.69) is 78.7 Å². The molecule has 0 radical (unpaired) electrons. The Morgan fingerprint density at radius 2 is 1.25 bits per heavy atom. The van der Waals surface area contributed by atoms with Crippen molar-refractivity contribution >= 4 is 32.6 Å².